The second-order valence-electron chi connectivity index (χ2n) is 5.75. The number of imidazole rings is 1. The van der Waals surface area contributed by atoms with Crippen LogP contribution in [-0.4, -0.2) is 26.4 Å². The van der Waals surface area contributed by atoms with E-state index in [9.17, 15) is 4.79 Å². The number of anilines is 2. The molecule has 0 saturated heterocycles. The number of nitrogens with zero attached hydrogens (tertiary/aromatic N) is 3. The molecule has 0 spiro atoms. The minimum atomic E-state index is -0.466. The van der Waals surface area contributed by atoms with Crippen molar-refractivity contribution in [2.24, 2.45) is 0 Å². The first-order valence-electron chi connectivity index (χ1n) is 8.38. The largest absolute Gasteiger partial charge is 0.494 e. The molecule has 0 fully saturated rings. The second kappa shape index (κ2) is 7.13. The Balaban J connectivity index is 1.64. The summed E-state index contributed by atoms with van der Waals surface area (Å²) in [5, 5.41) is 7.31. The second-order valence-corrected chi connectivity index (χ2v) is 6.13. The van der Waals surface area contributed by atoms with Crippen LogP contribution in [0.15, 0.2) is 59.5 Å². The quantitative estimate of drug-likeness (QED) is 0.547. The van der Waals surface area contributed by atoms with E-state index in [1.807, 2.05) is 55.5 Å². The number of fused-ring (bicyclic) bond motifs is 1. The number of aromatic amines is 1. The van der Waals surface area contributed by atoms with Crippen LogP contribution in [0.4, 0.5) is 11.4 Å². The van der Waals surface area contributed by atoms with Crippen LogP contribution in [-0.2, 0) is 0 Å². The van der Waals surface area contributed by atoms with Gasteiger partial charge in [-0.3, -0.25) is 4.79 Å². The van der Waals surface area contributed by atoms with E-state index in [1.54, 1.807) is 0 Å². The Hall–Kier alpha value is -3.32. The van der Waals surface area contributed by atoms with E-state index in [4.69, 9.17) is 16.3 Å². The van der Waals surface area contributed by atoms with Gasteiger partial charge in [0.15, 0.2) is 0 Å². The number of aromatic nitrogens is 4. The number of hydrogen-bond donors (Lipinski definition) is 2. The highest BCUT2D eigenvalue weighted by molar-refractivity contribution is 6.33. The molecule has 0 aliphatic rings. The number of H-pyrrole nitrogens is 1. The van der Waals surface area contributed by atoms with E-state index in [2.05, 4.69) is 20.4 Å². The van der Waals surface area contributed by atoms with Gasteiger partial charge in [0.25, 0.3) is 5.56 Å². The molecule has 0 bridgehead atoms. The number of halogens is 1. The number of para-hydroxylation sites is 2. The summed E-state index contributed by atoms with van der Waals surface area (Å²) in [7, 11) is 0. The summed E-state index contributed by atoms with van der Waals surface area (Å²) in [6.07, 6.45) is 1.49. The van der Waals surface area contributed by atoms with Gasteiger partial charge in [0.1, 0.15) is 10.8 Å². The molecule has 0 aliphatic heterocycles. The summed E-state index contributed by atoms with van der Waals surface area (Å²) in [5.74, 6) is 1.09. The van der Waals surface area contributed by atoms with E-state index in [0.29, 0.717) is 18.2 Å². The lowest BCUT2D eigenvalue weighted by Gasteiger charge is -2.10. The summed E-state index contributed by atoms with van der Waals surface area (Å²) >= 11 is 6.28. The van der Waals surface area contributed by atoms with Gasteiger partial charge in [0, 0.05) is 5.69 Å². The number of hydrogen-bond acceptors (Lipinski definition) is 5. The maximum absolute atomic E-state index is 12.6. The minimum absolute atomic E-state index is 0.0272. The summed E-state index contributed by atoms with van der Waals surface area (Å²) in [4.78, 5) is 20.1. The molecule has 4 aromatic rings. The van der Waals surface area contributed by atoms with Gasteiger partial charge >= 0.3 is 0 Å². The Bertz CT molecular complexity index is 1120. The molecule has 0 aliphatic carbocycles. The predicted molar refractivity (Wildman–Crippen MR) is 105 cm³/mol. The monoisotopic (exact) mass is 381 g/mol. The van der Waals surface area contributed by atoms with E-state index in [0.717, 1.165) is 27.2 Å². The zero-order chi connectivity index (χ0) is 18.8. The number of rotatable bonds is 5. The first-order valence-corrected chi connectivity index (χ1v) is 8.76. The number of benzene rings is 2. The summed E-state index contributed by atoms with van der Waals surface area (Å²) in [6, 6.07) is 14.8. The molecular weight excluding hydrogens is 366 g/mol. The van der Waals surface area contributed by atoms with Crippen LogP contribution >= 0.6 is 11.6 Å². The van der Waals surface area contributed by atoms with Gasteiger partial charge in [-0.25, -0.2) is 4.98 Å². The molecule has 0 amide bonds. The van der Waals surface area contributed by atoms with Crippen LogP contribution in [0.5, 0.6) is 5.75 Å². The third kappa shape index (κ3) is 3.37. The standard InChI is InChI=1S/C19H16ClN5O2/c1-2-27-13-9-7-12(8-10-13)22-16-11-21-25(18(26)17(16)20)19-23-14-5-3-4-6-15(14)24-19/h3-11,22H,2H2,1H3,(H,23,24). The van der Waals surface area contributed by atoms with Crippen molar-refractivity contribution in [2.75, 3.05) is 11.9 Å². The molecule has 136 valence electrons. The van der Waals surface area contributed by atoms with E-state index in [1.165, 1.54) is 6.20 Å². The average molecular weight is 382 g/mol. The SMILES string of the molecule is CCOc1ccc(Nc2cnn(-c3nc4ccccc4[nH]3)c(=O)c2Cl)cc1. The van der Waals surface area contributed by atoms with Crippen LogP contribution in [0.3, 0.4) is 0 Å². The average Bonchev–Trinajstić information content (AvgIpc) is 3.11. The van der Waals surface area contributed by atoms with Gasteiger partial charge in [-0.05, 0) is 43.3 Å². The molecule has 2 aromatic carbocycles. The Morgan fingerprint density at radius 2 is 1.96 bits per heavy atom. The normalized spacial score (nSPS) is 10.9. The van der Waals surface area contributed by atoms with Gasteiger partial charge in [-0.15, -0.1) is 0 Å². The third-order valence-electron chi connectivity index (χ3n) is 3.94. The highest BCUT2D eigenvalue weighted by atomic mass is 35.5. The van der Waals surface area contributed by atoms with Crippen molar-refractivity contribution in [3.63, 3.8) is 0 Å². The summed E-state index contributed by atoms with van der Waals surface area (Å²) in [5.41, 5.74) is 2.27. The molecule has 0 saturated carbocycles. The zero-order valence-corrected chi connectivity index (χ0v) is 15.2. The fourth-order valence-electron chi connectivity index (χ4n) is 2.67. The van der Waals surface area contributed by atoms with Crippen molar-refractivity contribution in [2.45, 2.75) is 6.92 Å². The Kier molecular flexibility index (Phi) is 4.52. The first kappa shape index (κ1) is 17.1. The maximum atomic E-state index is 12.6. The molecule has 27 heavy (non-hydrogen) atoms. The van der Waals surface area contributed by atoms with E-state index in [-0.39, 0.29) is 5.02 Å². The van der Waals surface area contributed by atoms with Crippen molar-refractivity contribution >= 4 is 34.0 Å². The highest BCUT2D eigenvalue weighted by Crippen LogP contribution is 2.23. The number of nitrogens with one attached hydrogen (secondary N) is 2. The van der Waals surface area contributed by atoms with Gasteiger partial charge in [0.2, 0.25) is 5.95 Å². The lowest BCUT2D eigenvalue weighted by atomic mass is 10.3. The van der Waals surface area contributed by atoms with Crippen LogP contribution in [0.2, 0.25) is 5.02 Å². The zero-order valence-electron chi connectivity index (χ0n) is 14.4. The minimum Gasteiger partial charge on any atom is -0.494 e. The van der Waals surface area contributed by atoms with Crippen LogP contribution in [0.25, 0.3) is 17.0 Å². The molecule has 0 radical (unpaired) electrons. The lowest BCUT2D eigenvalue weighted by Crippen LogP contribution is -2.23. The van der Waals surface area contributed by atoms with Crippen molar-refractivity contribution in [3.8, 4) is 11.7 Å². The van der Waals surface area contributed by atoms with Crippen LogP contribution < -0.4 is 15.6 Å². The van der Waals surface area contributed by atoms with Gasteiger partial charge in [0.05, 0.1) is 29.5 Å². The highest BCUT2D eigenvalue weighted by Gasteiger charge is 2.13. The summed E-state index contributed by atoms with van der Waals surface area (Å²) < 4.78 is 6.56. The van der Waals surface area contributed by atoms with Crippen molar-refractivity contribution < 1.29 is 4.74 Å². The molecule has 2 aromatic heterocycles. The molecule has 0 atom stereocenters. The van der Waals surface area contributed by atoms with Gasteiger partial charge in [-0.1, -0.05) is 23.7 Å². The molecule has 2 N–H and O–H groups in total. The molecule has 2 heterocycles. The molecule has 7 nitrogen and oxygen atoms in total. The molecular formula is C19H16ClN5O2. The van der Waals surface area contributed by atoms with Gasteiger partial charge in [-0.2, -0.15) is 9.78 Å². The van der Waals surface area contributed by atoms with Crippen molar-refractivity contribution in [1.82, 2.24) is 19.7 Å². The van der Waals surface area contributed by atoms with E-state index >= 15 is 0 Å². The van der Waals surface area contributed by atoms with Crippen molar-refractivity contribution in [1.29, 1.82) is 0 Å². The van der Waals surface area contributed by atoms with Crippen LogP contribution in [0.1, 0.15) is 6.92 Å². The lowest BCUT2D eigenvalue weighted by molar-refractivity contribution is 0.340. The fourth-order valence-corrected chi connectivity index (χ4v) is 2.84. The smallest absolute Gasteiger partial charge is 0.295 e. The Morgan fingerprint density at radius 3 is 2.70 bits per heavy atom. The maximum Gasteiger partial charge on any atom is 0.295 e. The topological polar surface area (TPSA) is 84.8 Å². The first-order chi connectivity index (χ1) is 13.2. The number of ether oxygens (including phenoxy) is 1. The fraction of sp³-hybridized carbons (Fsp3) is 0.105. The Morgan fingerprint density at radius 1 is 1.19 bits per heavy atom. The molecule has 4 rings (SSSR count). The van der Waals surface area contributed by atoms with E-state index < -0.39 is 5.56 Å². The molecule has 0 unspecified atom stereocenters. The predicted octanol–water partition coefficient (Wildman–Crippen LogP) is 3.90. The van der Waals surface area contributed by atoms with Crippen molar-refractivity contribution in [3.05, 3.63) is 70.1 Å². The molecule has 8 heteroatoms. The van der Waals surface area contributed by atoms with Gasteiger partial charge < -0.3 is 15.0 Å². The summed E-state index contributed by atoms with van der Waals surface area (Å²) in [6.45, 7) is 2.52. The van der Waals surface area contributed by atoms with Crippen LogP contribution in [0, 0.1) is 0 Å². The third-order valence-corrected chi connectivity index (χ3v) is 4.31. The Labute approximate surface area is 159 Å².